The van der Waals surface area contributed by atoms with Crippen molar-refractivity contribution in [2.24, 2.45) is 0 Å². The number of hydrogen-bond donors (Lipinski definition) is 8. The van der Waals surface area contributed by atoms with Crippen LogP contribution in [0.2, 0.25) is 0 Å². The largest absolute Gasteiger partial charge is 0.481 e. The summed E-state index contributed by atoms with van der Waals surface area (Å²) in [6.45, 7) is 17.6. The summed E-state index contributed by atoms with van der Waals surface area (Å²) in [6.07, 6.45) is 81.3. The lowest BCUT2D eigenvalue weighted by Crippen LogP contribution is -1.93. The first-order valence-corrected chi connectivity index (χ1v) is 41.9. The number of allylic oxidation sites excluding steroid dienone is 5. The summed E-state index contributed by atoms with van der Waals surface area (Å²) in [4.78, 5) is 81.1. The van der Waals surface area contributed by atoms with Gasteiger partial charge in [-0.05, 0) is 57.8 Å². The smallest absolute Gasteiger partial charge is 0.328 e. The van der Waals surface area contributed by atoms with Gasteiger partial charge >= 0.3 is 47.8 Å². The molecule has 0 rings (SSSR count). The quantitative estimate of drug-likeness (QED) is 0.0159. The SMILES string of the molecule is CCCCCCCCC/C=C/C=C/C=C/C(=O)O.CCCCCCCCCC(=O)O.CCCCCCCCCC(=O)O.CCCCCCCCCC(=O)O.CCCCCCCCCC(=O)O.CCCCCCCCCC(=O)O.CCCCCCCCCC(=O)O.CCCCCCCCCC(=O)O. The van der Waals surface area contributed by atoms with Gasteiger partial charge in [0.25, 0.3) is 0 Å². The highest BCUT2D eigenvalue weighted by Gasteiger charge is 2.02. The molecule has 102 heavy (non-hydrogen) atoms. The molecule has 0 aliphatic carbocycles. The molecule has 0 spiro atoms. The maximum Gasteiger partial charge on any atom is 0.328 e. The van der Waals surface area contributed by atoms with E-state index in [4.69, 9.17) is 40.9 Å². The zero-order valence-corrected chi connectivity index (χ0v) is 67.6. The minimum atomic E-state index is -0.910. The van der Waals surface area contributed by atoms with Crippen LogP contribution in [0.4, 0.5) is 0 Å². The molecule has 0 amide bonds. The van der Waals surface area contributed by atoms with Crippen LogP contribution in [0.1, 0.15) is 466 Å². The fraction of sp³-hybridized carbons (Fsp3) is 0.837. The van der Waals surface area contributed by atoms with Crippen molar-refractivity contribution >= 4 is 47.8 Å². The normalized spacial score (nSPS) is 10.4. The van der Waals surface area contributed by atoms with Crippen LogP contribution in [0, 0.1) is 0 Å². The Hall–Kier alpha value is -5.02. The molecule has 0 aromatic heterocycles. The van der Waals surface area contributed by atoms with Crippen LogP contribution >= 0.6 is 0 Å². The lowest BCUT2D eigenvalue weighted by molar-refractivity contribution is -0.138. The summed E-state index contributed by atoms with van der Waals surface area (Å²) < 4.78 is 0. The summed E-state index contributed by atoms with van der Waals surface area (Å²) >= 11 is 0. The van der Waals surface area contributed by atoms with E-state index in [0.29, 0.717) is 44.9 Å². The third kappa shape index (κ3) is 158. The van der Waals surface area contributed by atoms with Crippen molar-refractivity contribution in [3.63, 3.8) is 0 Å². The second-order valence-electron chi connectivity index (χ2n) is 27.3. The molecule has 0 atom stereocenters. The predicted molar refractivity (Wildman–Crippen MR) is 429 cm³/mol. The van der Waals surface area contributed by atoms with Crippen LogP contribution in [0.15, 0.2) is 36.5 Å². The summed E-state index contributed by atoms with van der Waals surface area (Å²) in [5.74, 6) is -5.55. The third-order valence-corrected chi connectivity index (χ3v) is 16.6. The van der Waals surface area contributed by atoms with E-state index >= 15 is 0 Å². The Morgan fingerprint density at radius 3 is 0.461 bits per heavy atom. The molecule has 0 aliphatic rings. The molecular weight excluding hydrogens is 1290 g/mol. The molecule has 0 bridgehead atoms. The van der Waals surface area contributed by atoms with E-state index in [0.717, 1.165) is 102 Å². The van der Waals surface area contributed by atoms with E-state index in [2.05, 4.69) is 61.5 Å². The Labute approximate surface area is 626 Å². The van der Waals surface area contributed by atoms with Gasteiger partial charge in [0.1, 0.15) is 0 Å². The molecular formula is C86H166O16. The topological polar surface area (TPSA) is 298 Å². The van der Waals surface area contributed by atoms with E-state index in [-0.39, 0.29) is 0 Å². The number of aliphatic carboxylic acids is 8. The van der Waals surface area contributed by atoms with E-state index in [1.54, 1.807) is 6.08 Å². The standard InChI is InChI=1S/C16H26O2.7C10H20O2/c1-2-3-4-5-6-7-8-9-10-11-12-13-14-15-16(17)18;7*1-2-3-4-5-6-7-8-9-10(11)12/h10-15H,2-9H2,1H3,(H,17,18);7*2-9H2,1H3,(H,11,12)/b11-10+,13-12+,15-14+;;;;;;;. The van der Waals surface area contributed by atoms with Gasteiger partial charge in [-0.2, -0.15) is 0 Å². The molecule has 0 heterocycles. The second kappa shape index (κ2) is 109. The molecule has 0 aromatic carbocycles. The lowest BCUT2D eigenvalue weighted by atomic mass is 10.1. The summed E-state index contributed by atoms with van der Waals surface area (Å²) in [7, 11) is 0. The number of carbonyl (C=O) groups is 8. The van der Waals surface area contributed by atoms with Crippen molar-refractivity contribution in [2.45, 2.75) is 466 Å². The van der Waals surface area contributed by atoms with Gasteiger partial charge in [0.05, 0.1) is 0 Å². The summed E-state index contributed by atoms with van der Waals surface area (Å²) in [5.41, 5.74) is 0. The van der Waals surface area contributed by atoms with Crippen LogP contribution < -0.4 is 0 Å². The van der Waals surface area contributed by atoms with E-state index in [9.17, 15) is 38.4 Å². The van der Waals surface area contributed by atoms with Gasteiger partial charge in [-0.3, -0.25) is 33.6 Å². The molecule has 0 radical (unpaired) electrons. The Morgan fingerprint density at radius 2 is 0.314 bits per heavy atom. The van der Waals surface area contributed by atoms with Gasteiger partial charge < -0.3 is 40.9 Å². The van der Waals surface area contributed by atoms with Crippen LogP contribution in [0.25, 0.3) is 0 Å². The number of hydrogen-bond acceptors (Lipinski definition) is 8. The van der Waals surface area contributed by atoms with Gasteiger partial charge in [0, 0.05) is 51.0 Å². The minimum absolute atomic E-state index is 0.341. The highest BCUT2D eigenvalue weighted by atomic mass is 16.4. The lowest BCUT2D eigenvalue weighted by Gasteiger charge is -1.98. The average Bonchev–Trinajstić information content (AvgIpc) is 3.75. The summed E-state index contributed by atoms with van der Waals surface area (Å²) in [6, 6.07) is 0. The molecule has 8 N–H and O–H groups in total. The predicted octanol–water partition coefficient (Wildman–Crippen LogP) is 27.4. The van der Waals surface area contributed by atoms with Crippen molar-refractivity contribution < 1.29 is 79.2 Å². The second-order valence-corrected chi connectivity index (χ2v) is 27.3. The van der Waals surface area contributed by atoms with Crippen LogP contribution in [-0.2, 0) is 38.4 Å². The van der Waals surface area contributed by atoms with Gasteiger partial charge in [-0.1, -0.05) is 394 Å². The van der Waals surface area contributed by atoms with Gasteiger partial charge in [0.2, 0.25) is 0 Å². The molecule has 606 valence electrons. The Morgan fingerprint density at radius 1 is 0.176 bits per heavy atom. The minimum Gasteiger partial charge on any atom is -0.481 e. The third-order valence-electron chi connectivity index (χ3n) is 16.6. The first-order valence-electron chi connectivity index (χ1n) is 41.9. The zero-order chi connectivity index (χ0) is 78.1. The van der Waals surface area contributed by atoms with E-state index < -0.39 is 47.8 Å². The number of rotatable bonds is 67. The number of unbranched alkanes of at least 4 members (excludes halogenated alkanes) is 49. The fourth-order valence-corrected chi connectivity index (χ4v) is 10.3. The maximum absolute atomic E-state index is 10.2. The van der Waals surface area contributed by atoms with Crippen molar-refractivity contribution in [3.05, 3.63) is 36.5 Å². The molecule has 0 fully saturated rings. The molecule has 0 aromatic rings. The number of carboxylic acids is 8. The molecule has 0 saturated heterocycles. The zero-order valence-electron chi connectivity index (χ0n) is 67.6. The highest BCUT2D eigenvalue weighted by Crippen LogP contribution is 2.14. The Kier molecular flexibility index (Phi) is 121. The summed E-state index contributed by atoms with van der Waals surface area (Å²) in [5, 5.41) is 66.8. The molecule has 16 nitrogen and oxygen atoms in total. The van der Waals surface area contributed by atoms with Crippen molar-refractivity contribution in [2.75, 3.05) is 0 Å². The van der Waals surface area contributed by atoms with Gasteiger partial charge in [0.15, 0.2) is 0 Å². The average molecular weight is 1460 g/mol. The van der Waals surface area contributed by atoms with Crippen molar-refractivity contribution in [1.29, 1.82) is 0 Å². The first kappa shape index (κ1) is 113. The van der Waals surface area contributed by atoms with Crippen molar-refractivity contribution in [3.8, 4) is 0 Å². The number of carboxylic acid groups (broad SMARTS) is 8. The fourth-order valence-electron chi connectivity index (χ4n) is 10.3. The monoisotopic (exact) mass is 1460 g/mol. The van der Waals surface area contributed by atoms with Crippen LogP contribution in [-0.4, -0.2) is 88.6 Å². The van der Waals surface area contributed by atoms with Gasteiger partial charge in [-0.25, -0.2) is 4.79 Å². The first-order chi connectivity index (χ1) is 49.2. The van der Waals surface area contributed by atoms with Gasteiger partial charge in [-0.15, -0.1) is 0 Å². The highest BCUT2D eigenvalue weighted by molar-refractivity contribution is 5.80. The van der Waals surface area contributed by atoms with Crippen LogP contribution in [0.3, 0.4) is 0 Å². The molecule has 0 unspecified atom stereocenters. The van der Waals surface area contributed by atoms with Crippen LogP contribution in [0.5, 0.6) is 0 Å². The Balaban J connectivity index is -0.000000166. The van der Waals surface area contributed by atoms with E-state index in [1.165, 1.54) is 276 Å². The molecule has 16 heteroatoms. The molecule has 0 saturated carbocycles. The maximum atomic E-state index is 10.2. The molecule has 0 aliphatic heterocycles. The van der Waals surface area contributed by atoms with Crippen molar-refractivity contribution in [1.82, 2.24) is 0 Å². The Bertz CT molecular complexity index is 1520. The van der Waals surface area contributed by atoms with E-state index in [1.807, 2.05) is 12.2 Å².